The van der Waals surface area contributed by atoms with Crippen LogP contribution >= 0.6 is 12.2 Å². The Labute approximate surface area is 117 Å². The second-order valence-electron chi connectivity index (χ2n) is 4.11. The van der Waals surface area contributed by atoms with E-state index in [1.54, 1.807) is 0 Å². The highest BCUT2D eigenvalue weighted by Crippen LogP contribution is 1.98. The van der Waals surface area contributed by atoms with Crippen molar-refractivity contribution in [3.8, 4) is 0 Å². The molecule has 0 aliphatic carbocycles. The Kier molecular flexibility index (Phi) is 5.95. The molecule has 19 heavy (non-hydrogen) atoms. The standard InChI is InChI=1S/C13H16N2O3S/c1-9(16)7-11(12(17)18)15-13(19)14-8-10-5-3-2-4-6-10/h2-6,11H,7-8H2,1H3,(H,17,18)(H2,14,15,19). The highest BCUT2D eigenvalue weighted by Gasteiger charge is 2.19. The van der Waals surface area contributed by atoms with Crippen LogP contribution in [0.25, 0.3) is 0 Å². The lowest BCUT2D eigenvalue weighted by Crippen LogP contribution is -2.46. The Hall–Kier alpha value is -1.95. The molecule has 0 bridgehead atoms. The lowest BCUT2D eigenvalue weighted by Gasteiger charge is -2.16. The van der Waals surface area contributed by atoms with Gasteiger partial charge in [-0.2, -0.15) is 0 Å². The van der Waals surface area contributed by atoms with E-state index in [1.165, 1.54) is 6.92 Å². The zero-order valence-corrected chi connectivity index (χ0v) is 11.4. The topological polar surface area (TPSA) is 78.4 Å². The fraction of sp³-hybridized carbons (Fsp3) is 0.308. The van der Waals surface area contributed by atoms with Gasteiger partial charge < -0.3 is 15.7 Å². The van der Waals surface area contributed by atoms with Crippen LogP contribution in [0.3, 0.4) is 0 Å². The van der Waals surface area contributed by atoms with E-state index in [4.69, 9.17) is 17.3 Å². The van der Waals surface area contributed by atoms with Crippen molar-refractivity contribution < 1.29 is 14.7 Å². The number of hydrogen-bond donors (Lipinski definition) is 3. The summed E-state index contributed by atoms with van der Waals surface area (Å²) in [4.78, 5) is 21.9. The van der Waals surface area contributed by atoms with Gasteiger partial charge in [-0.15, -0.1) is 0 Å². The maximum Gasteiger partial charge on any atom is 0.326 e. The molecule has 0 radical (unpaired) electrons. The summed E-state index contributed by atoms with van der Waals surface area (Å²) in [6.45, 7) is 1.84. The van der Waals surface area contributed by atoms with Gasteiger partial charge in [0.25, 0.3) is 0 Å². The maximum atomic E-state index is 11.0. The van der Waals surface area contributed by atoms with E-state index in [2.05, 4.69) is 10.6 Å². The van der Waals surface area contributed by atoms with Crippen LogP contribution in [0.2, 0.25) is 0 Å². The molecule has 3 N–H and O–H groups in total. The summed E-state index contributed by atoms with van der Waals surface area (Å²) >= 11 is 5.00. The first kappa shape index (κ1) is 15.1. The summed E-state index contributed by atoms with van der Waals surface area (Å²) in [6, 6.07) is 8.59. The molecule has 1 aromatic carbocycles. The van der Waals surface area contributed by atoms with Crippen LogP contribution in [-0.2, 0) is 16.1 Å². The number of thiocarbonyl (C=S) groups is 1. The molecule has 0 fully saturated rings. The first-order chi connectivity index (χ1) is 8.99. The highest BCUT2D eigenvalue weighted by molar-refractivity contribution is 7.80. The number of aliphatic carboxylic acids is 1. The van der Waals surface area contributed by atoms with Crippen LogP contribution in [-0.4, -0.2) is 28.0 Å². The third-order valence-corrected chi connectivity index (χ3v) is 2.65. The molecule has 1 rings (SSSR count). The minimum Gasteiger partial charge on any atom is -0.480 e. The Morgan fingerprint density at radius 1 is 1.32 bits per heavy atom. The smallest absolute Gasteiger partial charge is 0.326 e. The fourth-order valence-corrected chi connectivity index (χ4v) is 1.69. The minimum absolute atomic E-state index is 0.0948. The quantitative estimate of drug-likeness (QED) is 0.677. The first-order valence-corrected chi connectivity index (χ1v) is 6.20. The first-order valence-electron chi connectivity index (χ1n) is 5.79. The Balaban J connectivity index is 2.45. The molecular formula is C13H16N2O3S. The molecule has 102 valence electrons. The van der Waals surface area contributed by atoms with Gasteiger partial charge in [-0.05, 0) is 24.7 Å². The van der Waals surface area contributed by atoms with Crippen molar-refractivity contribution in [2.24, 2.45) is 0 Å². The fourth-order valence-electron chi connectivity index (χ4n) is 1.48. The number of ketones is 1. The molecule has 1 atom stereocenters. The monoisotopic (exact) mass is 280 g/mol. The molecule has 0 saturated carbocycles. The Morgan fingerprint density at radius 3 is 2.47 bits per heavy atom. The molecule has 1 aromatic rings. The SMILES string of the molecule is CC(=O)CC(NC(=S)NCc1ccccc1)C(=O)O. The van der Waals surface area contributed by atoms with E-state index in [0.717, 1.165) is 5.56 Å². The van der Waals surface area contributed by atoms with Crippen molar-refractivity contribution in [3.63, 3.8) is 0 Å². The summed E-state index contributed by atoms with van der Waals surface area (Å²) in [5, 5.41) is 14.7. The summed E-state index contributed by atoms with van der Waals surface area (Å²) in [5.41, 5.74) is 1.03. The normalized spacial score (nSPS) is 11.4. The number of benzene rings is 1. The van der Waals surface area contributed by atoms with Crippen LogP contribution in [0, 0.1) is 0 Å². The molecule has 0 heterocycles. The van der Waals surface area contributed by atoms with Crippen LogP contribution in [0.4, 0.5) is 0 Å². The second-order valence-corrected chi connectivity index (χ2v) is 4.52. The van der Waals surface area contributed by atoms with Crippen LogP contribution in [0.15, 0.2) is 30.3 Å². The molecule has 0 aliphatic heterocycles. The van der Waals surface area contributed by atoms with Crippen LogP contribution in [0.5, 0.6) is 0 Å². The molecule has 0 saturated heterocycles. The Morgan fingerprint density at radius 2 is 1.95 bits per heavy atom. The number of nitrogens with one attached hydrogen (secondary N) is 2. The van der Waals surface area contributed by atoms with Crippen LogP contribution in [0.1, 0.15) is 18.9 Å². The number of Topliss-reactive ketones (excluding diaryl/α,β-unsaturated/α-hetero) is 1. The van der Waals surface area contributed by atoms with Crippen molar-refractivity contribution >= 4 is 29.1 Å². The Bertz CT molecular complexity index is 462. The lowest BCUT2D eigenvalue weighted by atomic mass is 10.1. The maximum absolute atomic E-state index is 11.0. The molecular weight excluding hydrogens is 264 g/mol. The van der Waals surface area contributed by atoms with Gasteiger partial charge >= 0.3 is 5.97 Å². The molecule has 0 amide bonds. The van der Waals surface area contributed by atoms with Gasteiger partial charge in [0.15, 0.2) is 5.11 Å². The van der Waals surface area contributed by atoms with Crippen LogP contribution < -0.4 is 10.6 Å². The van der Waals surface area contributed by atoms with Crippen molar-refractivity contribution in [1.82, 2.24) is 10.6 Å². The molecule has 0 aromatic heterocycles. The van der Waals surface area contributed by atoms with E-state index < -0.39 is 12.0 Å². The van der Waals surface area contributed by atoms with Crippen molar-refractivity contribution in [1.29, 1.82) is 0 Å². The summed E-state index contributed by atoms with van der Waals surface area (Å²) in [5.74, 6) is -1.30. The van der Waals surface area contributed by atoms with Gasteiger partial charge in [0.2, 0.25) is 0 Å². The van der Waals surface area contributed by atoms with Crippen molar-refractivity contribution in [3.05, 3.63) is 35.9 Å². The number of carbonyl (C=O) groups excluding carboxylic acids is 1. The summed E-state index contributed by atoms with van der Waals surface area (Å²) in [7, 11) is 0. The number of carboxylic acid groups (broad SMARTS) is 1. The number of carbonyl (C=O) groups is 2. The summed E-state index contributed by atoms with van der Waals surface area (Å²) < 4.78 is 0. The van der Waals surface area contributed by atoms with Gasteiger partial charge in [0.1, 0.15) is 11.8 Å². The van der Waals surface area contributed by atoms with E-state index in [-0.39, 0.29) is 17.3 Å². The third-order valence-electron chi connectivity index (χ3n) is 2.39. The van der Waals surface area contributed by atoms with Crippen molar-refractivity contribution in [2.45, 2.75) is 25.9 Å². The number of hydrogen-bond acceptors (Lipinski definition) is 3. The molecule has 5 nitrogen and oxygen atoms in total. The van der Waals surface area contributed by atoms with E-state index in [0.29, 0.717) is 6.54 Å². The van der Waals surface area contributed by atoms with Crippen molar-refractivity contribution in [2.75, 3.05) is 0 Å². The largest absolute Gasteiger partial charge is 0.480 e. The number of rotatable bonds is 6. The lowest BCUT2D eigenvalue weighted by molar-refractivity contribution is -0.140. The minimum atomic E-state index is -1.10. The number of carboxylic acids is 1. The molecule has 6 heteroatoms. The third kappa shape index (κ3) is 5.96. The van der Waals surface area contributed by atoms with Gasteiger partial charge in [-0.3, -0.25) is 4.79 Å². The average molecular weight is 280 g/mol. The average Bonchev–Trinajstić information content (AvgIpc) is 2.36. The van der Waals surface area contributed by atoms with E-state index >= 15 is 0 Å². The van der Waals surface area contributed by atoms with Gasteiger partial charge in [-0.1, -0.05) is 30.3 Å². The van der Waals surface area contributed by atoms with Gasteiger partial charge in [-0.25, -0.2) is 4.79 Å². The zero-order chi connectivity index (χ0) is 14.3. The molecule has 0 spiro atoms. The van der Waals surface area contributed by atoms with E-state index in [1.807, 2.05) is 30.3 Å². The predicted octanol–water partition coefficient (Wildman–Crippen LogP) is 1.08. The zero-order valence-electron chi connectivity index (χ0n) is 10.6. The second kappa shape index (κ2) is 7.48. The predicted molar refractivity (Wildman–Crippen MR) is 75.7 cm³/mol. The highest BCUT2D eigenvalue weighted by atomic mass is 32.1. The van der Waals surface area contributed by atoms with Gasteiger partial charge in [0.05, 0.1) is 0 Å². The molecule has 1 unspecified atom stereocenters. The summed E-state index contributed by atoms with van der Waals surface area (Å²) in [6.07, 6.45) is -0.0948. The van der Waals surface area contributed by atoms with E-state index in [9.17, 15) is 9.59 Å². The van der Waals surface area contributed by atoms with Gasteiger partial charge in [0, 0.05) is 13.0 Å². The molecule has 0 aliphatic rings.